The van der Waals surface area contributed by atoms with E-state index in [9.17, 15) is 0 Å². The zero-order valence-electron chi connectivity index (χ0n) is 15.9. The number of benzene rings is 2. The normalized spacial score (nSPS) is 10.7. The summed E-state index contributed by atoms with van der Waals surface area (Å²) in [6.07, 6.45) is -1.91. The van der Waals surface area contributed by atoms with Crippen LogP contribution in [0.25, 0.3) is 0 Å². The average Bonchev–Trinajstić information content (AvgIpc) is 2.74. The van der Waals surface area contributed by atoms with E-state index in [2.05, 4.69) is 74.5 Å². The van der Waals surface area contributed by atoms with E-state index in [0.29, 0.717) is 0 Å². The Morgan fingerprint density at radius 1 is 0.593 bits per heavy atom. The Balaban J connectivity index is 0.000000470. The molecule has 0 aliphatic rings. The third kappa shape index (κ3) is 10.2. The van der Waals surface area contributed by atoms with E-state index in [1.807, 2.05) is 0 Å². The molecule has 0 atom stereocenters. The largest absolute Gasteiger partial charge is 0.394 e. The van der Waals surface area contributed by atoms with Crippen LogP contribution in [0.2, 0.25) is 0 Å². The molecule has 0 bridgehead atoms. The Hall–Kier alpha value is -1.80. The van der Waals surface area contributed by atoms with Gasteiger partial charge < -0.3 is 30.6 Å². The van der Waals surface area contributed by atoms with Crippen LogP contribution in [0.15, 0.2) is 60.7 Å². The Morgan fingerprint density at radius 3 is 1.04 bits per heavy atom. The summed E-state index contributed by atoms with van der Waals surface area (Å²) in [6, 6.07) is 21.3. The molecule has 0 saturated heterocycles. The Kier molecular flexibility index (Phi) is 13.3. The van der Waals surface area contributed by atoms with E-state index < -0.39 is 12.2 Å². The molecule has 6 heteroatoms. The standard InChI is InChI=1S/C15H16.2C3H8O3/c1-15(2,13-9-5-3-6-10-13)14-11-7-4-8-12-14;2*4-1-3(6)2-5/h3-12H,1-2H3;2*3-6H,1-2H2. The second-order valence-electron chi connectivity index (χ2n) is 6.39. The number of aliphatic hydroxyl groups is 6. The van der Waals surface area contributed by atoms with Gasteiger partial charge in [0.1, 0.15) is 12.2 Å². The second kappa shape index (κ2) is 14.3. The summed E-state index contributed by atoms with van der Waals surface area (Å²) in [7, 11) is 0. The van der Waals surface area contributed by atoms with Gasteiger partial charge >= 0.3 is 0 Å². The summed E-state index contributed by atoms with van der Waals surface area (Å²) >= 11 is 0. The molecule has 0 aliphatic heterocycles. The third-order valence-electron chi connectivity index (χ3n) is 3.83. The molecule has 0 aliphatic carbocycles. The minimum atomic E-state index is -0.954. The molecule has 0 fully saturated rings. The Labute approximate surface area is 161 Å². The van der Waals surface area contributed by atoms with E-state index in [0.717, 1.165) is 0 Å². The van der Waals surface area contributed by atoms with Crippen LogP contribution in [0.3, 0.4) is 0 Å². The number of hydrogen-bond donors (Lipinski definition) is 6. The van der Waals surface area contributed by atoms with E-state index in [4.69, 9.17) is 30.6 Å². The predicted molar refractivity (Wildman–Crippen MR) is 105 cm³/mol. The first-order valence-corrected chi connectivity index (χ1v) is 8.74. The summed E-state index contributed by atoms with van der Waals surface area (Å²) in [5.74, 6) is 0. The van der Waals surface area contributed by atoms with Gasteiger partial charge in [-0.3, -0.25) is 0 Å². The van der Waals surface area contributed by atoms with Crippen LogP contribution in [0.4, 0.5) is 0 Å². The highest BCUT2D eigenvalue weighted by molar-refractivity contribution is 5.36. The molecular weight excluding hydrogens is 348 g/mol. The van der Waals surface area contributed by atoms with Gasteiger partial charge in [0.25, 0.3) is 0 Å². The minimum absolute atomic E-state index is 0.0858. The van der Waals surface area contributed by atoms with Gasteiger partial charge in [0, 0.05) is 5.41 Å². The van der Waals surface area contributed by atoms with Crippen molar-refractivity contribution < 1.29 is 30.6 Å². The molecule has 6 nitrogen and oxygen atoms in total. The molecule has 0 unspecified atom stereocenters. The molecule has 2 aromatic carbocycles. The maximum Gasteiger partial charge on any atom is 0.100 e. The first kappa shape index (κ1) is 25.2. The first-order chi connectivity index (χ1) is 12.8. The summed E-state index contributed by atoms with van der Waals surface area (Å²) in [5, 5.41) is 48.0. The fourth-order valence-corrected chi connectivity index (χ4v) is 1.99. The summed E-state index contributed by atoms with van der Waals surface area (Å²) in [6.45, 7) is 3.06. The number of aliphatic hydroxyl groups excluding tert-OH is 6. The van der Waals surface area contributed by atoms with Gasteiger partial charge in [-0.1, -0.05) is 74.5 Å². The van der Waals surface area contributed by atoms with Gasteiger partial charge in [0.2, 0.25) is 0 Å². The van der Waals surface area contributed by atoms with Crippen LogP contribution in [-0.4, -0.2) is 69.3 Å². The molecule has 27 heavy (non-hydrogen) atoms. The topological polar surface area (TPSA) is 121 Å². The molecule has 6 N–H and O–H groups in total. The molecule has 0 spiro atoms. The van der Waals surface area contributed by atoms with Crippen LogP contribution in [-0.2, 0) is 5.41 Å². The van der Waals surface area contributed by atoms with Crippen LogP contribution in [0.5, 0.6) is 0 Å². The SMILES string of the molecule is CC(C)(c1ccccc1)c1ccccc1.OCC(O)CO.OCC(O)CO. The monoisotopic (exact) mass is 380 g/mol. The van der Waals surface area contributed by atoms with E-state index in [1.165, 1.54) is 11.1 Å². The van der Waals surface area contributed by atoms with Crippen molar-refractivity contribution in [1.29, 1.82) is 0 Å². The van der Waals surface area contributed by atoms with Crippen LogP contribution < -0.4 is 0 Å². The third-order valence-corrected chi connectivity index (χ3v) is 3.83. The van der Waals surface area contributed by atoms with Crippen molar-refractivity contribution in [2.24, 2.45) is 0 Å². The van der Waals surface area contributed by atoms with Crippen molar-refractivity contribution >= 4 is 0 Å². The minimum Gasteiger partial charge on any atom is -0.394 e. The smallest absolute Gasteiger partial charge is 0.100 e. The van der Waals surface area contributed by atoms with Gasteiger partial charge in [-0.05, 0) is 11.1 Å². The van der Waals surface area contributed by atoms with Crippen molar-refractivity contribution in [3.8, 4) is 0 Å². The molecule has 152 valence electrons. The summed E-state index contributed by atoms with van der Waals surface area (Å²) in [5.41, 5.74) is 2.80. The highest BCUT2D eigenvalue weighted by Gasteiger charge is 2.21. The Bertz CT molecular complexity index is 514. The van der Waals surface area contributed by atoms with Crippen molar-refractivity contribution in [3.63, 3.8) is 0 Å². The van der Waals surface area contributed by atoms with Crippen molar-refractivity contribution in [2.45, 2.75) is 31.5 Å². The molecule has 0 radical (unpaired) electrons. The highest BCUT2D eigenvalue weighted by atomic mass is 16.3. The molecule has 0 saturated carbocycles. The summed E-state index contributed by atoms with van der Waals surface area (Å²) < 4.78 is 0. The summed E-state index contributed by atoms with van der Waals surface area (Å²) in [4.78, 5) is 0. The van der Waals surface area contributed by atoms with Crippen molar-refractivity contribution in [1.82, 2.24) is 0 Å². The lowest BCUT2D eigenvalue weighted by atomic mass is 9.78. The lowest BCUT2D eigenvalue weighted by Gasteiger charge is -2.25. The van der Waals surface area contributed by atoms with Crippen molar-refractivity contribution in [3.05, 3.63) is 71.8 Å². The van der Waals surface area contributed by atoms with Gasteiger partial charge in [-0.25, -0.2) is 0 Å². The zero-order chi connectivity index (χ0) is 20.7. The quantitative estimate of drug-likeness (QED) is 0.438. The lowest BCUT2D eigenvalue weighted by molar-refractivity contribution is 0.0450. The van der Waals surface area contributed by atoms with E-state index >= 15 is 0 Å². The zero-order valence-corrected chi connectivity index (χ0v) is 15.9. The molecule has 0 amide bonds. The fourth-order valence-electron chi connectivity index (χ4n) is 1.99. The molecule has 0 heterocycles. The maximum absolute atomic E-state index is 8.17. The highest BCUT2D eigenvalue weighted by Crippen LogP contribution is 2.30. The van der Waals surface area contributed by atoms with E-state index in [-0.39, 0.29) is 31.8 Å². The molecule has 2 aromatic rings. The van der Waals surface area contributed by atoms with Crippen molar-refractivity contribution in [2.75, 3.05) is 26.4 Å². The predicted octanol–water partition coefficient (Wildman–Crippen LogP) is 0.676. The maximum atomic E-state index is 8.17. The van der Waals surface area contributed by atoms with Crippen LogP contribution in [0, 0.1) is 0 Å². The van der Waals surface area contributed by atoms with Gasteiger partial charge in [-0.15, -0.1) is 0 Å². The number of rotatable bonds is 6. The second-order valence-corrected chi connectivity index (χ2v) is 6.39. The first-order valence-electron chi connectivity index (χ1n) is 8.74. The molecule has 2 rings (SSSR count). The molecular formula is C21H32O6. The average molecular weight is 380 g/mol. The van der Waals surface area contributed by atoms with Crippen LogP contribution >= 0.6 is 0 Å². The molecule has 0 aromatic heterocycles. The Morgan fingerprint density at radius 2 is 0.852 bits per heavy atom. The fraction of sp³-hybridized carbons (Fsp3) is 0.429. The number of hydrogen-bond acceptors (Lipinski definition) is 6. The lowest BCUT2D eigenvalue weighted by Crippen LogP contribution is -2.18. The van der Waals surface area contributed by atoms with Gasteiger partial charge in [-0.2, -0.15) is 0 Å². The van der Waals surface area contributed by atoms with E-state index in [1.54, 1.807) is 0 Å². The van der Waals surface area contributed by atoms with Gasteiger partial charge in [0.15, 0.2) is 0 Å². The van der Waals surface area contributed by atoms with Crippen LogP contribution in [0.1, 0.15) is 25.0 Å². The van der Waals surface area contributed by atoms with Gasteiger partial charge in [0.05, 0.1) is 26.4 Å².